The van der Waals surface area contributed by atoms with E-state index >= 15 is 0 Å². The minimum absolute atomic E-state index is 0.151. The maximum Gasteiger partial charge on any atom is 0.309 e. The molecular weight excluding hydrogens is 279 g/mol. The molecule has 0 aliphatic carbocycles. The summed E-state index contributed by atoms with van der Waals surface area (Å²) in [5.41, 5.74) is 0.405. The first-order valence-corrected chi connectivity index (χ1v) is 5.91. The fourth-order valence-corrected chi connectivity index (χ4v) is 1.59. The fourth-order valence-electron chi connectivity index (χ4n) is 1.10. The van der Waals surface area contributed by atoms with Gasteiger partial charge in [-0.1, -0.05) is 28.4 Å². The van der Waals surface area contributed by atoms with Gasteiger partial charge in [0.05, 0.1) is 16.5 Å². The van der Waals surface area contributed by atoms with Crippen molar-refractivity contribution in [1.29, 1.82) is 0 Å². The number of hydrogen-bond donors (Lipinski definition) is 1. The van der Waals surface area contributed by atoms with Crippen molar-refractivity contribution < 1.29 is 14.7 Å². The van der Waals surface area contributed by atoms with Crippen LogP contribution in [0.3, 0.4) is 0 Å². The Morgan fingerprint density at radius 1 is 1.56 bits per heavy atom. The molecule has 5 nitrogen and oxygen atoms in total. The van der Waals surface area contributed by atoms with Gasteiger partial charge in [-0.25, -0.2) is 0 Å². The summed E-state index contributed by atoms with van der Waals surface area (Å²) in [6.07, 6.45) is 0.871. The molecular formula is C11H12Cl2N2O3. The SMILES string of the molecule is CC(C)ON=C(CC(=O)O)c1ncc(Cl)cc1Cl. The second-order valence-electron chi connectivity index (χ2n) is 3.75. The molecule has 0 saturated carbocycles. The highest BCUT2D eigenvalue weighted by Crippen LogP contribution is 2.20. The van der Waals surface area contributed by atoms with Gasteiger partial charge in [0.1, 0.15) is 17.5 Å². The summed E-state index contributed by atoms with van der Waals surface area (Å²) in [5, 5.41) is 13.2. The van der Waals surface area contributed by atoms with E-state index in [1.165, 1.54) is 12.3 Å². The molecule has 0 saturated heterocycles. The quantitative estimate of drug-likeness (QED) is 0.668. The standard InChI is InChI=1S/C11H12Cl2N2O3/c1-6(2)18-15-9(4-10(16)17)11-8(13)3-7(12)5-14-11/h3,5-6H,4H2,1-2H3,(H,16,17). The first-order chi connectivity index (χ1) is 8.40. The molecule has 7 heteroatoms. The smallest absolute Gasteiger partial charge is 0.309 e. The lowest BCUT2D eigenvalue weighted by Gasteiger charge is -2.08. The zero-order valence-corrected chi connectivity index (χ0v) is 11.4. The largest absolute Gasteiger partial charge is 0.481 e. The number of carboxylic acid groups (broad SMARTS) is 1. The Morgan fingerprint density at radius 3 is 2.72 bits per heavy atom. The highest BCUT2D eigenvalue weighted by Gasteiger charge is 2.15. The number of nitrogens with zero attached hydrogens (tertiary/aromatic N) is 2. The van der Waals surface area contributed by atoms with Gasteiger partial charge >= 0.3 is 5.97 Å². The van der Waals surface area contributed by atoms with E-state index < -0.39 is 5.97 Å². The average Bonchev–Trinajstić information content (AvgIpc) is 2.24. The van der Waals surface area contributed by atoms with Crippen molar-refractivity contribution in [1.82, 2.24) is 4.98 Å². The second kappa shape index (κ2) is 6.56. The molecule has 98 valence electrons. The Morgan fingerprint density at radius 2 is 2.22 bits per heavy atom. The first-order valence-electron chi connectivity index (χ1n) is 5.16. The normalized spacial score (nSPS) is 11.7. The molecule has 0 amide bonds. The van der Waals surface area contributed by atoms with Crippen LogP contribution < -0.4 is 0 Å². The number of oxime groups is 1. The van der Waals surface area contributed by atoms with Gasteiger partial charge in [-0.2, -0.15) is 0 Å². The molecule has 0 radical (unpaired) electrons. The Labute approximate surface area is 114 Å². The van der Waals surface area contributed by atoms with Crippen LogP contribution in [0.5, 0.6) is 0 Å². The van der Waals surface area contributed by atoms with Gasteiger partial charge in [-0.15, -0.1) is 0 Å². The minimum Gasteiger partial charge on any atom is -0.481 e. The summed E-state index contributed by atoms with van der Waals surface area (Å²) in [5.74, 6) is -1.05. The number of rotatable bonds is 5. The number of carbonyl (C=O) groups is 1. The zero-order valence-electron chi connectivity index (χ0n) is 9.85. The van der Waals surface area contributed by atoms with Gasteiger partial charge in [-0.3, -0.25) is 9.78 Å². The summed E-state index contributed by atoms with van der Waals surface area (Å²) in [6, 6.07) is 1.47. The van der Waals surface area contributed by atoms with Crippen LogP contribution in [-0.2, 0) is 9.63 Å². The summed E-state index contributed by atoms with van der Waals surface area (Å²) in [6.45, 7) is 3.55. The molecule has 1 rings (SSSR count). The molecule has 0 atom stereocenters. The predicted octanol–water partition coefficient (Wildman–Crippen LogP) is 2.99. The zero-order chi connectivity index (χ0) is 13.7. The third-order valence-electron chi connectivity index (χ3n) is 1.77. The first kappa shape index (κ1) is 14.7. The molecule has 1 heterocycles. The molecule has 0 aliphatic rings. The lowest BCUT2D eigenvalue weighted by Crippen LogP contribution is -2.12. The molecule has 18 heavy (non-hydrogen) atoms. The maximum absolute atomic E-state index is 10.8. The van der Waals surface area contributed by atoms with Gasteiger partial charge in [0, 0.05) is 6.20 Å². The summed E-state index contributed by atoms with van der Waals surface area (Å²) in [7, 11) is 0. The van der Waals surface area contributed by atoms with Gasteiger partial charge in [-0.05, 0) is 19.9 Å². The lowest BCUT2D eigenvalue weighted by atomic mass is 10.2. The van der Waals surface area contributed by atoms with Crippen molar-refractivity contribution >= 4 is 34.9 Å². The number of aromatic nitrogens is 1. The van der Waals surface area contributed by atoms with Crippen molar-refractivity contribution in [3.05, 3.63) is 28.0 Å². The third-order valence-corrected chi connectivity index (χ3v) is 2.27. The van der Waals surface area contributed by atoms with Crippen LogP contribution in [0.1, 0.15) is 26.0 Å². The summed E-state index contributed by atoms with van der Waals surface area (Å²) >= 11 is 11.7. The number of pyridine rings is 1. The van der Waals surface area contributed by atoms with Crippen LogP contribution in [0.25, 0.3) is 0 Å². The van der Waals surface area contributed by atoms with Crippen molar-refractivity contribution in [2.75, 3.05) is 0 Å². The van der Waals surface area contributed by atoms with Crippen molar-refractivity contribution in [3.63, 3.8) is 0 Å². The average molecular weight is 291 g/mol. The lowest BCUT2D eigenvalue weighted by molar-refractivity contribution is -0.135. The molecule has 1 N–H and O–H groups in total. The van der Waals surface area contributed by atoms with Crippen molar-refractivity contribution in [3.8, 4) is 0 Å². The summed E-state index contributed by atoms with van der Waals surface area (Å²) < 4.78 is 0. The number of hydrogen-bond acceptors (Lipinski definition) is 4. The Balaban J connectivity index is 3.08. The van der Waals surface area contributed by atoms with E-state index in [1.54, 1.807) is 13.8 Å². The maximum atomic E-state index is 10.8. The van der Waals surface area contributed by atoms with Crippen LogP contribution in [0.4, 0.5) is 0 Å². The van der Waals surface area contributed by atoms with Crippen LogP contribution in [0.2, 0.25) is 10.0 Å². The number of carboxylic acids is 1. The van der Waals surface area contributed by atoms with Crippen LogP contribution >= 0.6 is 23.2 Å². The Bertz CT molecular complexity index is 475. The van der Waals surface area contributed by atoms with Gasteiger partial charge in [0.25, 0.3) is 0 Å². The molecule has 0 bridgehead atoms. The monoisotopic (exact) mass is 290 g/mol. The fraction of sp³-hybridized carbons (Fsp3) is 0.364. The molecule has 0 unspecified atom stereocenters. The van der Waals surface area contributed by atoms with E-state index in [0.717, 1.165) is 0 Å². The van der Waals surface area contributed by atoms with E-state index in [0.29, 0.717) is 5.02 Å². The van der Waals surface area contributed by atoms with Crippen LogP contribution in [-0.4, -0.2) is 27.9 Å². The molecule has 0 spiro atoms. The number of aliphatic carboxylic acids is 1. The molecule has 0 aromatic carbocycles. The van der Waals surface area contributed by atoms with Gasteiger partial charge in [0.2, 0.25) is 0 Å². The molecule has 1 aromatic rings. The second-order valence-corrected chi connectivity index (χ2v) is 4.59. The summed E-state index contributed by atoms with van der Waals surface area (Å²) in [4.78, 5) is 19.8. The van der Waals surface area contributed by atoms with E-state index in [4.69, 9.17) is 33.1 Å². The molecule has 0 fully saturated rings. The topological polar surface area (TPSA) is 71.8 Å². The van der Waals surface area contributed by atoms with E-state index in [2.05, 4.69) is 10.1 Å². The minimum atomic E-state index is -1.05. The molecule has 1 aromatic heterocycles. The third kappa shape index (κ3) is 4.50. The van der Waals surface area contributed by atoms with Crippen LogP contribution in [0.15, 0.2) is 17.4 Å². The Hall–Kier alpha value is -1.33. The highest BCUT2D eigenvalue weighted by atomic mass is 35.5. The predicted molar refractivity (Wildman–Crippen MR) is 69.3 cm³/mol. The van der Waals surface area contributed by atoms with Gasteiger partial charge < -0.3 is 9.94 Å². The van der Waals surface area contributed by atoms with E-state index in [-0.39, 0.29) is 29.0 Å². The molecule has 0 aliphatic heterocycles. The number of halogens is 2. The van der Waals surface area contributed by atoms with E-state index in [1.807, 2.05) is 0 Å². The van der Waals surface area contributed by atoms with Crippen LogP contribution in [0, 0.1) is 0 Å². The van der Waals surface area contributed by atoms with Crippen molar-refractivity contribution in [2.45, 2.75) is 26.4 Å². The van der Waals surface area contributed by atoms with Crippen molar-refractivity contribution in [2.24, 2.45) is 5.16 Å². The highest BCUT2D eigenvalue weighted by molar-refractivity contribution is 6.36. The van der Waals surface area contributed by atoms with E-state index in [9.17, 15) is 4.79 Å². The Kier molecular flexibility index (Phi) is 5.37. The van der Waals surface area contributed by atoms with Gasteiger partial charge in [0.15, 0.2) is 0 Å².